The van der Waals surface area contributed by atoms with Gasteiger partial charge in [-0.1, -0.05) is 42.8 Å². The second-order valence-electron chi connectivity index (χ2n) is 10.7. The van der Waals surface area contributed by atoms with Crippen LogP contribution in [0.3, 0.4) is 0 Å². The van der Waals surface area contributed by atoms with Crippen LogP contribution in [-0.4, -0.2) is 59.0 Å². The average molecular weight is 490 g/mol. The number of rotatable bonds is 7. The van der Waals surface area contributed by atoms with Crippen molar-refractivity contribution in [1.29, 1.82) is 0 Å². The zero-order valence-corrected chi connectivity index (χ0v) is 20.7. The Labute approximate surface area is 212 Å². The van der Waals surface area contributed by atoms with E-state index in [1.165, 1.54) is 36.0 Å². The summed E-state index contributed by atoms with van der Waals surface area (Å²) in [6.07, 6.45) is 6.21. The largest absolute Gasteiger partial charge is 0.489 e. The average Bonchev–Trinajstić information content (AvgIpc) is 3.28. The van der Waals surface area contributed by atoms with E-state index in [-0.39, 0.29) is 24.0 Å². The van der Waals surface area contributed by atoms with Crippen LogP contribution < -0.4 is 10.1 Å². The van der Waals surface area contributed by atoms with Gasteiger partial charge in [0.1, 0.15) is 11.9 Å². The van der Waals surface area contributed by atoms with Crippen molar-refractivity contribution in [3.63, 3.8) is 0 Å². The number of ether oxygens (including phenoxy) is 2. The van der Waals surface area contributed by atoms with Crippen LogP contribution in [-0.2, 0) is 34.0 Å². The van der Waals surface area contributed by atoms with Gasteiger partial charge in [0.25, 0.3) is 0 Å². The fraction of sp³-hybridized carbons (Fsp3) is 0.517. The van der Waals surface area contributed by atoms with Crippen LogP contribution in [0.4, 0.5) is 0 Å². The lowest BCUT2D eigenvalue weighted by molar-refractivity contribution is -0.137. The van der Waals surface area contributed by atoms with Crippen LogP contribution in [0.15, 0.2) is 48.5 Å². The van der Waals surface area contributed by atoms with Gasteiger partial charge in [-0.2, -0.15) is 0 Å². The molecule has 2 amide bonds. The Morgan fingerprint density at radius 3 is 2.53 bits per heavy atom. The molecular weight excluding hydrogens is 454 g/mol. The van der Waals surface area contributed by atoms with Crippen LogP contribution in [0.5, 0.6) is 5.75 Å². The summed E-state index contributed by atoms with van der Waals surface area (Å²) in [5, 5.41) is 2.49. The molecule has 7 nitrogen and oxygen atoms in total. The Kier molecular flexibility index (Phi) is 6.78. The van der Waals surface area contributed by atoms with E-state index in [1.54, 1.807) is 0 Å². The minimum atomic E-state index is -0.231. The number of imide groups is 1. The van der Waals surface area contributed by atoms with E-state index < -0.39 is 0 Å². The summed E-state index contributed by atoms with van der Waals surface area (Å²) in [6, 6.07) is 17.0. The van der Waals surface area contributed by atoms with E-state index in [1.807, 2.05) is 6.07 Å². The fourth-order valence-electron chi connectivity index (χ4n) is 6.16. The normalized spacial score (nSPS) is 27.4. The second-order valence-corrected chi connectivity index (χ2v) is 10.7. The summed E-state index contributed by atoms with van der Waals surface area (Å²) in [5.74, 6) is 0.594. The molecule has 3 heterocycles. The van der Waals surface area contributed by atoms with Crippen molar-refractivity contribution in [2.45, 2.75) is 82.5 Å². The van der Waals surface area contributed by atoms with Crippen molar-refractivity contribution in [3.05, 3.63) is 65.2 Å². The molecule has 1 aliphatic carbocycles. The molecule has 7 heteroatoms. The van der Waals surface area contributed by atoms with Gasteiger partial charge in [-0.25, -0.2) is 0 Å². The Bertz CT molecular complexity index is 1100. The van der Waals surface area contributed by atoms with Crippen LogP contribution >= 0.6 is 0 Å². The zero-order chi connectivity index (χ0) is 24.5. The smallest absolute Gasteiger partial charge is 0.243 e. The number of piperidine rings is 1. The molecule has 0 bridgehead atoms. The van der Waals surface area contributed by atoms with E-state index in [9.17, 15) is 9.59 Å². The SMILES string of the molecule is O=C1CCC(N2Cc3ccc(O[C@@H]4CCCC[C@H]4N4CC(OCc5ccccc5)C4)cc3C2)C(=O)N1. The van der Waals surface area contributed by atoms with E-state index in [0.717, 1.165) is 38.3 Å². The molecule has 2 aromatic carbocycles. The first kappa shape index (κ1) is 23.6. The van der Waals surface area contributed by atoms with Crippen LogP contribution in [0, 0.1) is 0 Å². The number of benzene rings is 2. The van der Waals surface area contributed by atoms with Crippen LogP contribution in [0.1, 0.15) is 55.2 Å². The summed E-state index contributed by atoms with van der Waals surface area (Å²) in [4.78, 5) is 28.6. The topological polar surface area (TPSA) is 71.1 Å². The first-order chi connectivity index (χ1) is 17.6. The Morgan fingerprint density at radius 1 is 0.889 bits per heavy atom. The monoisotopic (exact) mass is 489 g/mol. The summed E-state index contributed by atoms with van der Waals surface area (Å²) in [5.41, 5.74) is 3.69. The lowest BCUT2D eigenvalue weighted by Crippen LogP contribution is -2.61. The highest BCUT2D eigenvalue weighted by Gasteiger charge is 2.39. The van der Waals surface area contributed by atoms with E-state index in [0.29, 0.717) is 31.6 Å². The first-order valence-electron chi connectivity index (χ1n) is 13.4. The standard InChI is InChI=1S/C29H35N3O4/c33-28-13-12-26(29(34)30-28)31-15-21-10-11-23(14-22(21)16-31)36-27-9-5-4-8-25(27)32-17-24(18-32)35-19-20-6-2-1-3-7-20/h1-3,6-7,10-11,14,24-27H,4-5,8-9,12-13,15-19H2,(H,30,33,34)/t25-,26?,27-/m1/s1. The number of nitrogens with zero attached hydrogens (tertiary/aromatic N) is 2. The molecule has 0 radical (unpaired) electrons. The lowest BCUT2D eigenvalue weighted by Gasteiger charge is -2.48. The zero-order valence-electron chi connectivity index (χ0n) is 20.7. The van der Waals surface area contributed by atoms with E-state index in [4.69, 9.17) is 9.47 Å². The van der Waals surface area contributed by atoms with Crippen LogP contribution in [0.25, 0.3) is 0 Å². The van der Waals surface area contributed by atoms with E-state index in [2.05, 4.69) is 57.6 Å². The summed E-state index contributed by atoms with van der Waals surface area (Å²) in [6.45, 7) is 4.09. The van der Waals surface area contributed by atoms with E-state index >= 15 is 0 Å². The van der Waals surface area contributed by atoms with Crippen LogP contribution in [0.2, 0.25) is 0 Å². The van der Waals surface area contributed by atoms with Crippen molar-refractivity contribution in [3.8, 4) is 5.75 Å². The second kappa shape index (κ2) is 10.3. The number of amides is 2. The molecule has 1 unspecified atom stereocenters. The van der Waals surface area contributed by atoms with Gasteiger partial charge < -0.3 is 9.47 Å². The fourth-order valence-corrected chi connectivity index (χ4v) is 6.16. The Morgan fingerprint density at radius 2 is 1.69 bits per heavy atom. The predicted molar refractivity (Wildman–Crippen MR) is 135 cm³/mol. The Balaban J connectivity index is 1.04. The molecule has 1 N–H and O–H groups in total. The minimum absolute atomic E-state index is 0.165. The number of hydrogen-bond donors (Lipinski definition) is 1. The maximum Gasteiger partial charge on any atom is 0.243 e. The van der Waals surface area contributed by atoms with Gasteiger partial charge in [0, 0.05) is 38.6 Å². The highest BCUT2D eigenvalue weighted by atomic mass is 16.5. The molecule has 6 rings (SSSR count). The van der Waals surface area contributed by atoms with Crippen molar-refractivity contribution >= 4 is 11.8 Å². The highest BCUT2D eigenvalue weighted by Crippen LogP contribution is 2.34. The molecule has 3 fully saturated rings. The van der Waals surface area contributed by atoms with Gasteiger partial charge in [0.05, 0.1) is 18.8 Å². The number of fused-ring (bicyclic) bond motifs is 1. The number of carbonyl (C=O) groups excluding carboxylic acids is 2. The lowest BCUT2D eigenvalue weighted by atomic mass is 9.89. The summed E-state index contributed by atoms with van der Waals surface area (Å²) < 4.78 is 12.7. The van der Waals surface area contributed by atoms with Gasteiger partial charge in [-0.15, -0.1) is 0 Å². The molecule has 190 valence electrons. The highest BCUT2D eigenvalue weighted by molar-refractivity contribution is 6.00. The summed E-state index contributed by atoms with van der Waals surface area (Å²) >= 11 is 0. The van der Waals surface area contributed by atoms with Gasteiger partial charge >= 0.3 is 0 Å². The molecule has 2 saturated heterocycles. The molecule has 2 aromatic rings. The molecule has 36 heavy (non-hydrogen) atoms. The van der Waals surface area contributed by atoms with Gasteiger partial charge in [-0.3, -0.25) is 24.7 Å². The first-order valence-corrected chi connectivity index (χ1v) is 13.4. The number of carbonyl (C=O) groups is 2. The maximum atomic E-state index is 12.3. The number of likely N-dealkylation sites (tertiary alicyclic amines) is 1. The molecule has 0 spiro atoms. The number of hydrogen-bond acceptors (Lipinski definition) is 6. The minimum Gasteiger partial charge on any atom is -0.489 e. The molecule has 0 aromatic heterocycles. The Hall–Kier alpha value is -2.74. The van der Waals surface area contributed by atoms with Crippen molar-refractivity contribution in [2.24, 2.45) is 0 Å². The van der Waals surface area contributed by atoms with Crippen molar-refractivity contribution in [2.75, 3.05) is 13.1 Å². The molecule has 3 atom stereocenters. The third-order valence-corrected chi connectivity index (χ3v) is 8.20. The molecule has 1 saturated carbocycles. The number of nitrogens with one attached hydrogen (secondary N) is 1. The molecule has 3 aliphatic heterocycles. The molecule has 4 aliphatic rings. The van der Waals surface area contributed by atoms with Gasteiger partial charge in [-0.05, 0) is 54.5 Å². The maximum absolute atomic E-state index is 12.3. The summed E-state index contributed by atoms with van der Waals surface area (Å²) in [7, 11) is 0. The van der Waals surface area contributed by atoms with Crippen molar-refractivity contribution in [1.82, 2.24) is 15.1 Å². The van der Waals surface area contributed by atoms with Gasteiger partial charge in [0.15, 0.2) is 0 Å². The third kappa shape index (κ3) is 5.05. The molecular formula is C29H35N3O4. The van der Waals surface area contributed by atoms with Gasteiger partial charge in [0.2, 0.25) is 11.8 Å². The third-order valence-electron chi connectivity index (χ3n) is 8.20. The predicted octanol–water partition coefficient (Wildman–Crippen LogP) is 3.40. The quantitative estimate of drug-likeness (QED) is 0.602. The van der Waals surface area contributed by atoms with Crippen molar-refractivity contribution < 1.29 is 19.1 Å².